The summed E-state index contributed by atoms with van der Waals surface area (Å²) in [5.74, 6) is 0.733. The van der Waals surface area contributed by atoms with Crippen LogP contribution in [0.15, 0.2) is 11.4 Å². The number of hydrogen-bond acceptors (Lipinski definition) is 4. The van der Waals surface area contributed by atoms with Gasteiger partial charge in [0, 0.05) is 24.5 Å². The lowest BCUT2D eigenvalue weighted by molar-refractivity contribution is -0.380. The first-order chi connectivity index (χ1) is 9.51. The van der Waals surface area contributed by atoms with Crippen molar-refractivity contribution in [2.45, 2.75) is 52.5 Å². The molecular formula is C15H24N2O2S. The topological polar surface area (TPSA) is 55.2 Å². The molecule has 1 N–H and O–H groups in total. The van der Waals surface area contributed by atoms with Crippen molar-refractivity contribution >= 4 is 16.3 Å². The van der Waals surface area contributed by atoms with E-state index in [1.165, 1.54) is 43.4 Å². The Labute approximate surface area is 124 Å². The average Bonchev–Trinajstić information content (AvgIpc) is 2.98. The molecule has 0 amide bonds. The van der Waals surface area contributed by atoms with Crippen molar-refractivity contribution in [1.82, 2.24) is 5.32 Å². The molecule has 0 unspecified atom stereocenters. The molecule has 1 fully saturated rings. The Kier molecular flexibility index (Phi) is 5.16. The smallest absolute Gasteiger partial charge is 0.312 e. The fourth-order valence-corrected chi connectivity index (χ4v) is 4.20. The van der Waals surface area contributed by atoms with Gasteiger partial charge in [0.25, 0.3) is 0 Å². The van der Waals surface area contributed by atoms with Crippen LogP contribution in [-0.2, 0) is 6.54 Å². The quantitative estimate of drug-likeness (QED) is 0.601. The highest BCUT2D eigenvalue weighted by atomic mass is 32.1. The molecule has 1 aliphatic carbocycles. The molecule has 0 aromatic carbocycles. The molecule has 0 saturated heterocycles. The van der Waals surface area contributed by atoms with Gasteiger partial charge in [0.1, 0.15) is 0 Å². The number of nitro groups is 1. The number of nitrogens with zero attached hydrogens (tertiary/aromatic N) is 1. The molecule has 1 aliphatic rings. The molecule has 5 heteroatoms. The van der Waals surface area contributed by atoms with Crippen LogP contribution < -0.4 is 5.32 Å². The standard InChI is InChI=1S/C15H24N2O2S/c1-12(2)8-15(5-3-4-6-15)11-16-9-13-7-14(17(18)19)20-10-13/h7,10,12,16H,3-6,8-9,11H2,1-2H3. The third-order valence-corrected chi connectivity index (χ3v) is 5.08. The monoisotopic (exact) mass is 296 g/mol. The van der Waals surface area contributed by atoms with Crippen LogP contribution in [0.1, 0.15) is 51.5 Å². The van der Waals surface area contributed by atoms with Crippen molar-refractivity contribution in [1.29, 1.82) is 0 Å². The predicted octanol–water partition coefficient (Wildman–Crippen LogP) is 4.35. The van der Waals surface area contributed by atoms with Crippen LogP contribution in [-0.4, -0.2) is 11.5 Å². The molecular weight excluding hydrogens is 272 g/mol. The van der Waals surface area contributed by atoms with Gasteiger partial charge in [0.2, 0.25) is 0 Å². The first-order valence-corrected chi connectivity index (χ1v) is 8.31. The summed E-state index contributed by atoms with van der Waals surface area (Å²) in [4.78, 5) is 10.4. The Morgan fingerprint density at radius 2 is 2.15 bits per heavy atom. The van der Waals surface area contributed by atoms with E-state index in [4.69, 9.17) is 0 Å². The third-order valence-electron chi connectivity index (χ3n) is 4.15. The molecule has 0 spiro atoms. The highest BCUT2D eigenvalue weighted by Crippen LogP contribution is 2.42. The lowest BCUT2D eigenvalue weighted by atomic mass is 9.78. The lowest BCUT2D eigenvalue weighted by Gasteiger charge is -2.31. The first-order valence-electron chi connectivity index (χ1n) is 7.43. The van der Waals surface area contributed by atoms with Crippen LogP contribution in [0.2, 0.25) is 0 Å². The molecule has 0 aliphatic heterocycles. The van der Waals surface area contributed by atoms with Gasteiger partial charge in [0.05, 0.1) is 4.92 Å². The van der Waals surface area contributed by atoms with E-state index in [1.54, 1.807) is 6.07 Å². The number of hydrogen-bond donors (Lipinski definition) is 1. The van der Waals surface area contributed by atoms with Crippen molar-refractivity contribution in [3.05, 3.63) is 27.1 Å². The molecule has 0 radical (unpaired) electrons. The minimum Gasteiger partial charge on any atom is -0.312 e. The van der Waals surface area contributed by atoms with Crippen LogP contribution in [0.25, 0.3) is 0 Å². The van der Waals surface area contributed by atoms with E-state index >= 15 is 0 Å². The van der Waals surface area contributed by atoms with E-state index in [1.807, 2.05) is 5.38 Å². The van der Waals surface area contributed by atoms with E-state index in [0.29, 0.717) is 5.41 Å². The van der Waals surface area contributed by atoms with Gasteiger partial charge < -0.3 is 5.32 Å². The minimum atomic E-state index is -0.314. The zero-order valence-corrected chi connectivity index (χ0v) is 13.2. The summed E-state index contributed by atoms with van der Waals surface area (Å²) in [6.07, 6.45) is 6.62. The SMILES string of the molecule is CC(C)CC1(CNCc2csc([N+](=O)[O-])c2)CCCC1. The molecule has 0 bridgehead atoms. The third kappa shape index (κ3) is 4.03. The van der Waals surface area contributed by atoms with Crippen molar-refractivity contribution in [2.24, 2.45) is 11.3 Å². The van der Waals surface area contributed by atoms with Gasteiger partial charge in [0.15, 0.2) is 0 Å². The summed E-state index contributed by atoms with van der Waals surface area (Å²) >= 11 is 1.21. The Morgan fingerprint density at radius 1 is 1.45 bits per heavy atom. The van der Waals surface area contributed by atoms with Crippen molar-refractivity contribution in [3.63, 3.8) is 0 Å². The summed E-state index contributed by atoms with van der Waals surface area (Å²) in [5, 5.41) is 16.3. The maximum absolute atomic E-state index is 10.7. The number of thiophene rings is 1. The highest BCUT2D eigenvalue weighted by Gasteiger charge is 2.33. The second kappa shape index (κ2) is 6.68. The molecule has 1 saturated carbocycles. The van der Waals surface area contributed by atoms with Crippen molar-refractivity contribution in [3.8, 4) is 0 Å². The predicted molar refractivity (Wildman–Crippen MR) is 83.0 cm³/mol. The van der Waals surface area contributed by atoms with Gasteiger partial charge in [-0.15, -0.1) is 0 Å². The second-order valence-electron chi connectivity index (χ2n) is 6.46. The fraction of sp³-hybridized carbons (Fsp3) is 0.733. The second-order valence-corrected chi connectivity index (χ2v) is 7.35. The van der Waals surface area contributed by atoms with Crippen molar-refractivity contribution in [2.75, 3.05) is 6.54 Å². The maximum atomic E-state index is 10.7. The summed E-state index contributed by atoms with van der Waals surface area (Å²) in [6.45, 7) is 6.36. The summed E-state index contributed by atoms with van der Waals surface area (Å²) < 4.78 is 0. The van der Waals surface area contributed by atoms with Gasteiger partial charge in [-0.25, -0.2) is 0 Å². The number of rotatable bonds is 7. The highest BCUT2D eigenvalue weighted by molar-refractivity contribution is 7.13. The lowest BCUT2D eigenvalue weighted by Crippen LogP contribution is -2.33. The van der Waals surface area contributed by atoms with E-state index in [9.17, 15) is 10.1 Å². The first kappa shape index (κ1) is 15.4. The fourth-order valence-electron chi connectivity index (χ4n) is 3.47. The van der Waals surface area contributed by atoms with Gasteiger partial charge in [-0.1, -0.05) is 38.0 Å². The summed E-state index contributed by atoms with van der Waals surface area (Å²) in [6, 6.07) is 1.68. The maximum Gasteiger partial charge on any atom is 0.324 e. The van der Waals surface area contributed by atoms with Gasteiger partial charge in [-0.05, 0) is 36.2 Å². The molecule has 20 heavy (non-hydrogen) atoms. The summed E-state index contributed by atoms with van der Waals surface area (Å²) in [5.41, 5.74) is 1.48. The van der Waals surface area contributed by atoms with Crippen LogP contribution in [0.3, 0.4) is 0 Å². The van der Waals surface area contributed by atoms with E-state index in [0.717, 1.165) is 24.6 Å². The Balaban J connectivity index is 1.85. The van der Waals surface area contributed by atoms with Crippen LogP contribution in [0.4, 0.5) is 5.00 Å². The van der Waals surface area contributed by atoms with E-state index in [2.05, 4.69) is 19.2 Å². The molecule has 4 nitrogen and oxygen atoms in total. The van der Waals surface area contributed by atoms with Gasteiger partial charge in [-0.2, -0.15) is 0 Å². The minimum absolute atomic E-state index is 0.236. The molecule has 0 atom stereocenters. The van der Waals surface area contributed by atoms with E-state index in [-0.39, 0.29) is 9.92 Å². The molecule has 1 aromatic heterocycles. The Hall–Kier alpha value is -0.940. The van der Waals surface area contributed by atoms with Crippen LogP contribution in [0.5, 0.6) is 0 Å². The van der Waals surface area contributed by atoms with Crippen LogP contribution in [0, 0.1) is 21.4 Å². The molecule has 1 heterocycles. The van der Waals surface area contributed by atoms with E-state index < -0.39 is 0 Å². The molecule has 2 rings (SSSR count). The Morgan fingerprint density at radius 3 is 2.70 bits per heavy atom. The van der Waals surface area contributed by atoms with Crippen LogP contribution >= 0.6 is 11.3 Å². The largest absolute Gasteiger partial charge is 0.324 e. The Bertz CT molecular complexity index is 450. The van der Waals surface area contributed by atoms with Gasteiger partial charge in [-0.3, -0.25) is 10.1 Å². The normalized spacial score (nSPS) is 17.8. The number of nitrogens with one attached hydrogen (secondary N) is 1. The zero-order chi connectivity index (χ0) is 14.6. The summed E-state index contributed by atoms with van der Waals surface area (Å²) in [7, 11) is 0. The van der Waals surface area contributed by atoms with Gasteiger partial charge >= 0.3 is 5.00 Å². The average molecular weight is 296 g/mol. The molecule has 112 valence electrons. The zero-order valence-electron chi connectivity index (χ0n) is 12.4. The van der Waals surface area contributed by atoms with Crippen molar-refractivity contribution < 1.29 is 4.92 Å². The molecule has 1 aromatic rings.